The fraction of sp³-hybridized carbons (Fsp3) is 0.600. The molecule has 2 atom stereocenters. The van der Waals surface area contributed by atoms with Crippen LogP contribution in [0.3, 0.4) is 0 Å². The fourth-order valence-electron chi connectivity index (χ4n) is 4.24. The van der Waals surface area contributed by atoms with Crippen molar-refractivity contribution in [3.63, 3.8) is 0 Å². The Bertz CT molecular complexity index is 693. The molecule has 0 radical (unpaired) electrons. The van der Waals surface area contributed by atoms with Gasteiger partial charge in [0, 0.05) is 32.1 Å². The summed E-state index contributed by atoms with van der Waals surface area (Å²) in [4.78, 5) is 26.4. The second kappa shape index (κ2) is 8.55. The van der Waals surface area contributed by atoms with Crippen LogP contribution in [0.2, 0.25) is 0 Å². The minimum absolute atomic E-state index is 0.00279. The molecule has 0 spiro atoms. The van der Waals surface area contributed by atoms with E-state index in [1.165, 1.54) is 19.1 Å². The molecule has 4 N–H and O–H groups in total. The Morgan fingerprint density at radius 2 is 1.71 bits per heavy atom. The van der Waals surface area contributed by atoms with Gasteiger partial charge in [-0.3, -0.25) is 25.3 Å². The van der Waals surface area contributed by atoms with Crippen molar-refractivity contribution in [2.75, 3.05) is 19.6 Å². The third-order valence-corrected chi connectivity index (χ3v) is 5.83. The van der Waals surface area contributed by atoms with Gasteiger partial charge in [0.25, 0.3) is 0 Å². The Hall–Kier alpha value is -2.03. The third kappa shape index (κ3) is 4.68. The number of benzene rings is 1. The van der Waals surface area contributed by atoms with E-state index in [0.29, 0.717) is 32.5 Å². The number of carbonyl (C=O) groups is 2. The lowest BCUT2D eigenvalue weighted by atomic mass is 9.80. The first-order valence-corrected chi connectivity index (χ1v) is 9.87. The van der Waals surface area contributed by atoms with Crippen LogP contribution in [0, 0.1) is 5.82 Å². The highest BCUT2D eigenvalue weighted by molar-refractivity contribution is 5.78. The van der Waals surface area contributed by atoms with Crippen LogP contribution in [0.4, 0.5) is 4.39 Å². The van der Waals surface area contributed by atoms with Gasteiger partial charge in [0.2, 0.25) is 11.8 Å². The van der Waals surface area contributed by atoms with Crippen molar-refractivity contribution >= 4 is 11.8 Å². The summed E-state index contributed by atoms with van der Waals surface area (Å²) < 4.78 is 13.3. The van der Waals surface area contributed by atoms with E-state index in [1.54, 1.807) is 12.1 Å². The number of piperidine rings is 1. The first-order chi connectivity index (χ1) is 13.3. The minimum Gasteiger partial charge on any atom is -0.349 e. The average molecular weight is 391 g/mol. The molecule has 3 rings (SSSR count). The monoisotopic (exact) mass is 391 g/mol. The van der Waals surface area contributed by atoms with Crippen molar-refractivity contribution in [2.45, 2.75) is 57.3 Å². The van der Waals surface area contributed by atoms with E-state index in [1.807, 2.05) is 13.8 Å². The van der Waals surface area contributed by atoms with Crippen LogP contribution in [-0.2, 0) is 15.1 Å². The van der Waals surface area contributed by atoms with Gasteiger partial charge in [-0.25, -0.2) is 4.39 Å². The highest BCUT2D eigenvalue weighted by Gasteiger charge is 2.38. The maximum absolute atomic E-state index is 13.3. The molecule has 1 aromatic carbocycles. The number of likely N-dealkylation sites (tertiary alicyclic amines) is 1. The minimum atomic E-state index is -0.519. The quantitative estimate of drug-likeness (QED) is 0.591. The van der Waals surface area contributed by atoms with Crippen LogP contribution < -0.4 is 21.5 Å². The molecule has 154 valence electrons. The van der Waals surface area contributed by atoms with Gasteiger partial charge in [-0.05, 0) is 44.4 Å². The molecule has 2 heterocycles. The molecular formula is C20H30FN5O2. The van der Waals surface area contributed by atoms with Crippen LogP contribution in [-0.4, -0.2) is 54.5 Å². The molecule has 2 aliphatic rings. The van der Waals surface area contributed by atoms with Crippen LogP contribution in [0.25, 0.3) is 0 Å². The summed E-state index contributed by atoms with van der Waals surface area (Å²) >= 11 is 0. The lowest BCUT2D eigenvalue weighted by Crippen LogP contribution is -2.55. The Morgan fingerprint density at radius 3 is 2.25 bits per heavy atom. The molecule has 28 heavy (non-hydrogen) atoms. The van der Waals surface area contributed by atoms with Gasteiger partial charge in [0.05, 0.1) is 18.1 Å². The van der Waals surface area contributed by atoms with Crippen LogP contribution in [0.1, 0.15) is 39.2 Å². The highest BCUT2D eigenvalue weighted by Crippen LogP contribution is 2.33. The zero-order valence-electron chi connectivity index (χ0n) is 16.7. The first kappa shape index (κ1) is 20.7. The summed E-state index contributed by atoms with van der Waals surface area (Å²) in [5.74, 6) is -0.405. The van der Waals surface area contributed by atoms with Crippen molar-refractivity contribution in [3.8, 4) is 0 Å². The number of hydrazine groups is 1. The largest absolute Gasteiger partial charge is 0.349 e. The van der Waals surface area contributed by atoms with Gasteiger partial charge in [0.15, 0.2) is 0 Å². The van der Waals surface area contributed by atoms with Crippen LogP contribution in [0.5, 0.6) is 0 Å². The van der Waals surface area contributed by atoms with E-state index in [9.17, 15) is 14.0 Å². The highest BCUT2D eigenvalue weighted by atomic mass is 19.1. The molecule has 7 nitrogen and oxygen atoms in total. The molecule has 0 saturated carbocycles. The van der Waals surface area contributed by atoms with Crippen molar-refractivity contribution in [1.29, 1.82) is 0 Å². The Balaban J connectivity index is 1.60. The van der Waals surface area contributed by atoms with Gasteiger partial charge < -0.3 is 10.6 Å². The van der Waals surface area contributed by atoms with E-state index >= 15 is 0 Å². The topological polar surface area (TPSA) is 85.5 Å². The number of carbonyl (C=O) groups excluding carboxylic acids is 2. The molecule has 1 aromatic rings. The molecule has 0 aromatic heterocycles. The SMILES string of the molecule is CC(=O)NC1(c2ccc(F)cc2)CCN(CC(=O)NC2C(C)NNC2C)CC1. The number of rotatable bonds is 5. The molecule has 2 aliphatic heterocycles. The molecule has 2 saturated heterocycles. The summed E-state index contributed by atoms with van der Waals surface area (Å²) in [5, 5.41) is 6.17. The fourth-order valence-corrected chi connectivity index (χ4v) is 4.24. The predicted octanol–water partition coefficient (Wildman–Crippen LogP) is 0.623. The molecular weight excluding hydrogens is 361 g/mol. The molecule has 2 amide bonds. The van der Waals surface area contributed by atoms with E-state index in [-0.39, 0.29) is 35.8 Å². The summed E-state index contributed by atoms with van der Waals surface area (Å²) in [6, 6.07) is 6.70. The summed E-state index contributed by atoms with van der Waals surface area (Å²) in [6.45, 7) is 7.25. The first-order valence-electron chi connectivity index (χ1n) is 9.87. The Morgan fingerprint density at radius 1 is 1.14 bits per heavy atom. The second-order valence-corrected chi connectivity index (χ2v) is 8.01. The third-order valence-electron chi connectivity index (χ3n) is 5.83. The summed E-state index contributed by atoms with van der Waals surface area (Å²) in [5.41, 5.74) is 6.65. The number of hydrogen-bond donors (Lipinski definition) is 4. The lowest BCUT2D eigenvalue weighted by molar-refractivity contribution is -0.125. The number of amides is 2. The number of nitrogens with one attached hydrogen (secondary N) is 4. The Labute approximate surface area is 165 Å². The van der Waals surface area contributed by atoms with Crippen molar-refractivity contribution in [1.82, 2.24) is 26.4 Å². The zero-order valence-corrected chi connectivity index (χ0v) is 16.7. The standard InChI is InChI=1S/C20H30FN5O2/c1-13-19(14(2)25-24-13)22-18(28)12-26-10-8-20(9-11-26,23-15(3)27)16-4-6-17(21)7-5-16/h4-7,13-14,19,24-25H,8-12H2,1-3H3,(H,22,28)(H,23,27). The summed E-state index contributed by atoms with van der Waals surface area (Å²) in [6.07, 6.45) is 1.34. The molecule has 8 heteroatoms. The smallest absolute Gasteiger partial charge is 0.234 e. The molecule has 0 aliphatic carbocycles. The second-order valence-electron chi connectivity index (χ2n) is 8.01. The lowest BCUT2D eigenvalue weighted by Gasteiger charge is -2.42. The number of hydrogen-bond acceptors (Lipinski definition) is 5. The van der Waals surface area contributed by atoms with Gasteiger partial charge in [-0.1, -0.05) is 12.1 Å². The van der Waals surface area contributed by atoms with Gasteiger partial charge in [-0.15, -0.1) is 0 Å². The van der Waals surface area contributed by atoms with Gasteiger partial charge in [0.1, 0.15) is 5.82 Å². The normalized spacial score (nSPS) is 27.4. The van der Waals surface area contributed by atoms with E-state index in [0.717, 1.165) is 5.56 Å². The maximum Gasteiger partial charge on any atom is 0.234 e. The Kier molecular flexibility index (Phi) is 6.32. The van der Waals surface area contributed by atoms with E-state index in [4.69, 9.17) is 0 Å². The summed E-state index contributed by atoms with van der Waals surface area (Å²) in [7, 11) is 0. The van der Waals surface area contributed by atoms with Crippen LogP contribution in [0.15, 0.2) is 24.3 Å². The van der Waals surface area contributed by atoms with E-state index < -0.39 is 5.54 Å². The van der Waals surface area contributed by atoms with Crippen molar-refractivity contribution in [2.24, 2.45) is 0 Å². The zero-order chi connectivity index (χ0) is 20.3. The van der Waals surface area contributed by atoms with Crippen LogP contribution >= 0.6 is 0 Å². The maximum atomic E-state index is 13.3. The average Bonchev–Trinajstić information content (AvgIpc) is 2.95. The number of halogens is 1. The van der Waals surface area contributed by atoms with Crippen molar-refractivity contribution < 1.29 is 14.0 Å². The van der Waals surface area contributed by atoms with Gasteiger partial charge >= 0.3 is 0 Å². The number of nitrogens with zero attached hydrogens (tertiary/aromatic N) is 1. The molecule has 2 unspecified atom stereocenters. The predicted molar refractivity (Wildman–Crippen MR) is 105 cm³/mol. The molecule has 2 fully saturated rings. The van der Waals surface area contributed by atoms with E-state index in [2.05, 4.69) is 26.4 Å². The molecule has 0 bridgehead atoms. The van der Waals surface area contributed by atoms with Gasteiger partial charge in [-0.2, -0.15) is 0 Å². The van der Waals surface area contributed by atoms with Crippen molar-refractivity contribution in [3.05, 3.63) is 35.6 Å².